The molecule has 0 saturated carbocycles. The number of halogens is 10. The number of hydrogen-bond donors (Lipinski definition) is 0. The summed E-state index contributed by atoms with van der Waals surface area (Å²) in [7, 11) is 0. The Labute approximate surface area is 200 Å². The van der Waals surface area contributed by atoms with Gasteiger partial charge in [0.15, 0.2) is 5.78 Å². The number of pyridine rings is 2. The van der Waals surface area contributed by atoms with Crippen molar-refractivity contribution in [3.63, 3.8) is 0 Å². The molecule has 0 aliphatic carbocycles. The normalized spacial score (nSPS) is 14.5. The Kier molecular flexibility index (Phi) is 8.53. The van der Waals surface area contributed by atoms with E-state index in [9.17, 15) is 31.1 Å². The molecule has 2 atom stereocenters. The van der Waals surface area contributed by atoms with Crippen molar-refractivity contribution in [2.45, 2.75) is 24.2 Å². The van der Waals surface area contributed by atoms with Crippen LogP contribution in [0.1, 0.15) is 34.4 Å². The Morgan fingerprint density at radius 1 is 0.800 bits per heavy atom. The molecule has 2 rings (SSSR count). The molecular formula is C17H10Br4F6N2O. The van der Waals surface area contributed by atoms with E-state index in [4.69, 9.17) is 0 Å². The van der Waals surface area contributed by atoms with Gasteiger partial charge in [-0.3, -0.25) is 14.8 Å². The minimum absolute atomic E-state index is 0.0466. The van der Waals surface area contributed by atoms with Crippen LogP contribution in [0.2, 0.25) is 0 Å². The molecule has 164 valence electrons. The highest BCUT2D eigenvalue weighted by Gasteiger charge is 2.42. The highest BCUT2D eigenvalue weighted by molar-refractivity contribution is 9.11. The van der Waals surface area contributed by atoms with Crippen molar-refractivity contribution in [2.75, 3.05) is 10.7 Å². The van der Waals surface area contributed by atoms with Crippen LogP contribution in [0.3, 0.4) is 0 Å². The molecule has 30 heavy (non-hydrogen) atoms. The van der Waals surface area contributed by atoms with Gasteiger partial charge in [0.2, 0.25) is 0 Å². The lowest BCUT2D eigenvalue weighted by molar-refractivity contribution is -0.139. The average Bonchev–Trinajstić information content (AvgIpc) is 2.63. The lowest BCUT2D eigenvalue weighted by Gasteiger charge is -2.24. The molecule has 0 N–H and O–H groups in total. The maximum Gasteiger partial charge on any atom is 0.418 e. The van der Waals surface area contributed by atoms with Gasteiger partial charge >= 0.3 is 12.4 Å². The van der Waals surface area contributed by atoms with Crippen molar-refractivity contribution < 1.29 is 31.1 Å². The van der Waals surface area contributed by atoms with Gasteiger partial charge in [0, 0.05) is 32.0 Å². The van der Waals surface area contributed by atoms with Crippen molar-refractivity contribution in [1.29, 1.82) is 0 Å². The van der Waals surface area contributed by atoms with E-state index in [1.165, 1.54) is 0 Å². The quantitative estimate of drug-likeness (QED) is 0.237. The van der Waals surface area contributed by atoms with Crippen LogP contribution in [0.15, 0.2) is 33.5 Å². The topological polar surface area (TPSA) is 42.9 Å². The van der Waals surface area contributed by atoms with Gasteiger partial charge in [-0.1, -0.05) is 31.9 Å². The molecule has 0 radical (unpaired) electrons. The molecule has 0 aliphatic heterocycles. The minimum atomic E-state index is -4.82. The minimum Gasteiger partial charge on any atom is -0.298 e. The van der Waals surface area contributed by atoms with Gasteiger partial charge < -0.3 is 0 Å². The standard InChI is InChI=1S/C17H10Br4F6N2O/c18-3-9(13-11(16(22,23)24)1-7(20)5-28-13)15(30)10(4-19)14-12(17(25,26)27)2-8(21)6-29-14/h1-2,5-6,9-10H,3-4H2. The summed E-state index contributed by atoms with van der Waals surface area (Å²) in [6.07, 6.45) is -7.45. The van der Waals surface area contributed by atoms with E-state index < -0.39 is 52.5 Å². The van der Waals surface area contributed by atoms with Gasteiger partial charge in [0.1, 0.15) is 0 Å². The molecule has 3 nitrogen and oxygen atoms in total. The van der Waals surface area contributed by atoms with Crippen LogP contribution in [0.25, 0.3) is 0 Å². The molecule has 0 spiro atoms. The summed E-state index contributed by atoms with van der Waals surface area (Å²) >= 11 is 11.8. The molecule has 2 aromatic rings. The predicted molar refractivity (Wildman–Crippen MR) is 112 cm³/mol. The first-order valence-corrected chi connectivity index (χ1v) is 11.7. The molecule has 2 heterocycles. The van der Waals surface area contributed by atoms with E-state index >= 15 is 0 Å². The summed E-state index contributed by atoms with van der Waals surface area (Å²) in [4.78, 5) is 20.6. The monoisotopic (exact) mass is 688 g/mol. The molecule has 13 heteroatoms. The second-order valence-electron chi connectivity index (χ2n) is 5.98. The number of hydrogen-bond acceptors (Lipinski definition) is 3. The number of carbonyl (C=O) groups is 1. The zero-order valence-corrected chi connectivity index (χ0v) is 20.8. The van der Waals surface area contributed by atoms with Crippen molar-refractivity contribution in [3.8, 4) is 0 Å². The third kappa shape index (κ3) is 5.83. The van der Waals surface area contributed by atoms with E-state index in [2.05, 4.69) is 73.7 Å². The van der Waals surface area contributed by atoms with Crippen molar-refractivity contribution in [2.24, 2.45) is 0 Å². The smallest absolute Gasteiger partial charge is 0.298 e. The second-order valence-corrected chi connectivity index (χ2v) is 9.11. The lowest BCUT2D eigenvalue weighted by atomic mass is 9.86. The van der Waals surface area contributed by atoms with Crippen LogP contribution in [-0.2, 0) is 17.1 Å². The van der Waals surface area contributed by atoms with Gasteiger partial charge in [-0.25, -0.2) is 0 Å². The third-order valence-corrected chi connectivity index (χ3v) is 6.20. The summed E-state index contributed by atoms with van der Waals surface area (Å²) in [6, 6.07) is 1.54. The fourth-order valence-electron chi connectivity index (χ4n) is 2.72. The summed E-state index contributed by atoms with van der Waals surface area (Å²) in [6.45, 7) is 0. The summed E-state index contributed by atoms with van der Waals surface area (Å²) in [5.41, 5.74) is -3.46. The van der Waals surface area contributed by atoms with Crippen LogP contribution in [0, 0.1) is 0 Å². The van der Waals surface area contributed by atoms with E-state index in [-0.39, 0.29) is 19.6 Å². The molecule has 0 aliphatic rings. The second kappa shape index (κ2) is 9.95. The van der Waals surface area contributed by atoms with Gasteiger partial charge in [0.25, 0.3) is 0 Å². The highest BCUT2D eigenvalue weighted by Crippen LogP contribution is 2.41. The average molecular weight is 692 g/mol. The number of nitrogens with zero attached hydrogens (tertiary/aromatic N) is 2. The molecular weight excluding hydrogens is 682 g/mol. The number of rotatable bonds is 6. The number of alkyl halides is 8. The summed E-state index contributed by atoms with van der Waals surface area (Å²) in [5.74, 6) is -3.79. The Morgan fingerprint density at radius 2 is 1.13 bits per heavy atom. The van der Waals surface area contributed by atoms with Crippen LogP contribution in [0.5, 0.6) is 0 Å². The first-order chi connectivity index (χ1) is 13.8. The summed E-state index contributed by atoms with van der Waals surface area (Å²) < 4.78 is 81.1. The van der Waals surface area contributed by atoms with E-state index in [1.54, 1.807) is 0 Å². The maximum atomic E-state index is 13.5. The zero-order valence-electron chi connectivity index (χ0n) is 14.5. The first kappa shape index (κ1) is 25.7. The van der Waals surface area contributed by atoms with Crippen molar-refractivity contribution in [1.82, 2.24) is 9.97 Å². The SMILES string of the molecule is O=C(C(CBr)c1ncc(Br)cc1C(F)(F)F)C(CBr)c1ncc(Br)cc1C(F)(F)F. The largest absolute Gasteiger partial charge is 0.418 e. The van der Waals surface area contributed by atoms with E-state index in [1.807, 2.05) is 0 Å². The van der Waals surface area contributed by atoms with Gasteiger partial charge in [-0.15, -0.1) is 0 Å². The van der Waals surface area contributed by atoms with Gasteiger partial charge in [0.05, 0.1) is 34.4 Å². The van der Waals surface area contributed by atoms with Crippen LogP contribution in [0.4, 0.5) is 26.3 Å². The molecule has 0 amide bonds. The first-order valence-electron chi connectivity index (χ1n) is 7.92. The molecule has 2 unspecified atom stereocenters. The highest BCUT2D eigenvalue weighted by atomic mass is 79.9. The number of Topliss-reactive ketones (excluding diaryl/α,β-unsaturated/α-hetero) is 1. The third-order valence-electron chi connectivity index (χ3n) is 4.04. The number of ketones is 1. The van der Waals surface area contributed by atoms with Gasteiger partial charge in [-0.2, -0.15) is 26.3 Å². The Balaban J connectivity index is 2.61. The Morgan fingerprint density at radius 3 is 1.40 bits per heavy atom. The molecule has 0 bridgehead atoms. The Hall–Kier alpha value is -0.530. The molecule has 2 aromatic heterocycles. The predicted octanol–water partition coefficient (Wildman–Crippen LogP) is 7.27. The fraction of sp³-hybridized carbons (Fsp3) is 0.353. The molecule has 0 fully saturated rings. The molecule has 0 saturated heterocycles. The Bertz CT molecular complexity index is 862. The molecule has 0 aromatic carbocycles. The van der Waals surface area contributed by atoms with Crippen molar-refractivity contribution in [3.05, 3.63) is 56.0 Å². The van der Waals surface area contributed by atoms with Gasteiger partial charge in [-0.05, 0) is 44.0 Å². The van der Waals surface area contributed by atoms with Crippen LogP contribution < -0.4 is 0 Å². The van der Waals surface area contributed by atoms with E-state index in [0.29, 0.717) is 0 Å². The number of carbonyl (C=O) groups excluding carboxylic acids is 1. The zero-order chi connectivity index (χ0) is 22.9. The van der Waals surface area contributed by atoms with Crippen molar-refractivity contribution >= 4 is 69.5 Å². The van der Waals surface area contributed by atoms with Crippen LogP contribution >= 0.6 is 63.7 Å². The van der Waals surface area contributed by atoms with E-state index in [0.717, 1.165) is 24.5 Å². The number of aromatic nitrogens is 2. The maximum absolute atomic E-state index is 13.5. The van der Waals surface area contributed by atoms with Crippen LogP contribution in [-0.4, -0.2) is 26.4 Å². The lowest BCUT2D eigenvalue weighted by Crippen LogP contribution is -2.28. The fourth-order valence-corrected chi connectivity index (χ4v) is 4.63. The summed E-state index contributed by atoms with van der Waals surface area (Å²) in [5, 5.41) is -0.546.